The molecule has 0 heterocycles. The van der Waals surface area contributed by atoms with Gasteiger partial charge in [-0.25, -0.2) is 4.79 Å². The van der Waals surface area contributed by atoms with Gasteiger partial charge in [0.2, 0.25) is 0 Å². The number of aryl methyl sites for hydroxylation is 1. The van der Waals surface area contributed by atoms with Crippen LogP contribution in [-0.4, -0.2) is 23.5 Å². The number of carbonyl (C=O) groups excluding carboxylic acids is 2. The maximum atomic E-state index is 12.2. The van der Waals surface area contributed by atoms with Crippen molar-refractivity contribution in [2.45, 2.75) is 13.5 Å². The number of hydrogen-bond donors (Lipinski definition) is 3. The fourth-order valence-electron chi connectivity index (χ4n) is 2.90. The number of nitro groups is 1. The number of nitrogens with zero attached hydrogens (tertiary/aromatic N) is 1. The third-order valence-electron chi connectivity index (χ3n) is 4.37. The number of benzene rings is 3. The molecule has 3 aromatic rings. The predicted octanol–water partition coefficient (Wildman–Crippen LogP) is 4.24. The number of para-hydroxylation sites is 2. The molecule has 0 radical (unpaired) electrons. The van der Waals surface area contributed by atoms with Gasteiger partial charge in [0.15, 0.2) is 12.4 Å². The highest BCUT2D eigenvalue weighted by atomic mass is 16.6. The second-order valence-corrected chi connectivity index (χ2v) is 6.94. The topological polar surface area (TPSA) is 123 Å². The third-order valence-corrected chi connectivity index (χ3v) is 4.37. The zero-order valence-electron chi connectivity index (χ0n) is 17.3. The van der Waals surface area contributed by atoms with Gasteiger partial charge in [0.1, 0.15) is 0 Å². The normalized spacial score (nSPS) is 10.2. The number of carbonyl (C=O) groups is 2. The highest BCUT2D eigenvalue weighted by molar-refractivity contribution is 5.99. The van der Waals surface area contributed by atoms with Crippen LogP contribution < -0.4 is 20.7 Å². The fraction of sp³-hybridized carbons (Fsp3) is 0.130. The Labute approximate surface area is 184 Å². The van der Waals surface area contributed by atoms with Crippen LogP contribution in [0.15, 0.2) is 72.8 Å². The number of ether oxygens (including phenoxy) is 1. The van der Waals surface area contributed by atoms with Crippen molar-refractivity contribution < 1.29 is 19.2 Å². The van der Waals surface area contributed by atoms with Crippen LogP contribution in [-0.2, 0) is 11.3 Å². The second-order valence-electron chi connectivity index (χ2n) is 6.94. The molecule has 0 fully saturated rings. The van der Waals surface area contributed by atoms with Gasteiger partial charge in [-0.3, -0.25) is 14.9 Å². The molecule has 9 nitrogen and oxygen atoms in total. The Morgan fingerprint density at radius 3 is 2.34 bits per heavy atom. The van der Waals surface area contributed by atoms with E-state index >= 15 is 0 Å². The summed E-state index contributed by atoms with van der Waals surface area (Å²) in [5, 5.41) is 19.2. The van der Waals surface area contributed by atoms with E-state index in [-0.39, 0.29) is 30.6 Å². The van der Waals surface area contributed by atoms with Gasteiger partial charge >= 0.3 is 11.7 Å². The van der Waals surface area contributed by atoms with Crippen LogP contribution in [0.4, 0.5) is 21.9 Å². The number of nitro benzene ring substituents is 1. The minimum absolute atomic E-state index is 0.0264. The Morgan fingerprint density at radius 2 is 1.62 bits per heavy atom. The number of nitrogens with one attached hydrogen (secondary N) is 3. The second kappa shape index (κ2) is 10.6. The van der Waals surface area contributed by atoms with Crippen LogP contribution >= 0.6 is 0 Å². The zero-order valence-corrected chi connectivity index (χ0v) is 17.3. The lowest BCUT2D eigenvalue weighted by atomic mass is 10.2. The molecule has 3 rings (SSSR count). The smallest absolute Gasteiger partial charge is 0.323 e. The molecule has 0 aliphatic rings. The van der Waals surface area contributed by atoms with E-state index in [2.05, 4.69) is 16.0 Å². The van der Waals surface area contributed by atoms with E-state index in [4.69, 9.17) is 4.74 Å². The van der Waals surface area contributed by atoms with Crippen LogP contribution in [0.25, 0.3) is 0 Å². The van der Waals surface area contributed by atoms with Crippen molar-refractivity contribution in [3.63, 3.8) is 0 Å². The molecule has 9 heteroatoms. The molecule has 0 aromatic heterocycles. The minimum Gasteiger partial charge on any atom is -0.477 e. The SMILES string of the molecule is Cc1cccc(NC(=O)Nc2cccc(CNC(=O)COc3ccccc3[N+](=O)[O-])c2)c1. The highest BCUT2D eigenvalue weighted by Gasteiger charge is 2.14. The van der Waals surface area contributed by atoms with Gasteiger partial charge in [0, 0.05) is 24.0 Å². The van der Waals surface area contributed by atoms with E-state index in [1.807, 2.05) is 25.1 Å². The first-order chi connectivity index (χ1) is 15.4. The molecular weight excluding hydrogens is 412 g/mol. The van der Waals surface area contributed by atoms with Gasteiger partial charge in [-0.2, -0.15) is 0 Å². The summed E-state index contributed by atoms with van der Waals surface area (Å²) in [7, 11) is 0. The number of rotatable bonds is 8. The van der Waals surface area contributed by atoms with Crippen LogP contribution in [0.2, 0.25) is 0 Å². The molecular formula is C23H22N4O5. The molecule has 0 aliphatic carbocycles. The van der Waals surface area contributed by atoms with Crippen molar-refractivity contribution in [3.8, 4) is 5.75 Å². The number of anilines is 2. The average Bonchev–Trinajstić information content (AvgIpc) is 2.76. The Balaban J connectivity index is 1.50. The zero-order chi connectivity index (χ0) is 22.9. The van der Waals surface area contributed by atoms with Gasteiger partial charge in [0.05, 0.1) is 4.92 Å². The van der Waals surface area contributed by atoms with Crippen LogP contribution in [0.5, 0.6) is 5.75 Å². The summed E-state index contributed by atoms with van der Waals surface area (Å²) in [6.07, 6.45) is 0. The third kappa shape index (κ3) is 6.56. The number of hydrogen-bond acceptors (Lipinski definition) is 5. The molecule has 3 aromatic carbocycles. The molecule has 0 saturated carbocycles. The minimum atomic E-state index is -0.569. The lowest BCUT2D eigenvalue weighted by molar-refractivity contribution is -0.385. The first-order valence-corrected chi connectivity index (χ1v) is 9.77. The van der Waals surface area contributed by atoms with Crippen LogP contribution in [0, 0.1) is 17.0 Å². The first-order valence-electron chi connectivity index (χ1n) is 9.77. The molecule has 3 amide bonds. The molecule has 0 unspecified atom stereocenters. The summed E-state index contributed by atoms with van der Waals surface area (Å²) in [5.74, 6) is -0.405. The van der Waals surface area contributed by atoms with Crippen molar-refractivity contribution in [1.29, 1.82) is 0 Å². The summed E-state index contributed by atoms with van der Waals surface area (Å²) in [4.78, 5) is 34.7. The Hall–Kier alpha value is -4.40. The van der Waals surface area contributed by atoms with E-state index < -0.39 is 10.8 Å². The lowest BCUT2D eigenvalue weighted by Crippen LogP contribution is -2.28. The summed E-state index contributed by atoms with van der Waals surface area (Å²) < 4.78 is 5.27. The summed E-state index contributed by atoms with van der Waals surface area (Å²) in [5.41, 5.74) is 2.84. The van der Waals surface area contributed by atoms with Crippen molar-refractivity contribution in [1.82, 2.24) is 5.32 Å². The summed E-state index contributed by atoms with van der Waals surface area (Å²) in [6.45, 7) is 1.78. The van der Waals surface area contributed by atoms with E-state index in [9.17, 15) is 19.7 Å². The molecule has 32 heavy (non-hydrogen) atoms. The molecule has 0 atom stereocenters. The molecule has 3 N–H and O–H groups in total. The van der Waals surface area contributed by atoms with Gasteiger partial charge in [-0.1, -0.05) is 36.4 Å². The summed E-state index contributed by atoms with van der Waals surface area (Å²) >= 11 is 0. The monoisotopic (exact) mass is 434 g/mol. The van der Waals surface area contributed by atoms with Gasteiger partial charge < -0.3 is 20.7 Å². The average molecular weight is 434 g/mol. The maximum absolute atomic E-state index is 12.2. The largest absolute Gasteiger partial charge is 0.477 e. The molecule has 164 valence electrons. The lowest BCUT2D eigenvalue weighted by Gasteiger charge is -2.11. The number of amides is 3. The van der Waals surface area contributed by atoms with Gasteiger partial charge in [-0.15, -0.1) is 0 Å². The Morgan fingerprint density at radius 1 is 0.938 bits per heavy atom. The van der Waals surface area contributed by atoms with Crippen molar-refractivity contribution in [2.75, 3.05) is 17.2 Å². The molecule has 0 aliphatic heterocycles. The standard InChI is InChI=1S/C23H22N4O5/c1-16-6-4-8-18(12-16)25-23(29)26-19-9-5-7-17(13-19)14-24-22(28)15-32-21-11-3-2-10-20(21)27(30)31/h2-13H,14-15H2,1H3,(H,24,28)(H2,25,26,29). The van der Waals surface area contributed by atoms with E-state index in [1.54, 1.807) is 36.4 Å². The van der Waals surface area contributed by atoms with Gasteiger partial charge in [-0.05, 0) is 48.4 Å². The highest BCUT2D eigenvalue weighted by Crippen LogP contribution is 2.25. The first kappa shape index (κ1) is 22.3. The molecule has 0 bridgehead atoms. The van der Waals surface area contributed by atoms with E-state index in [0.717, 1.165) is 11.1 Å². The predicted molar refractivity (Wildman–Crippen MR) is 121 cm³/mol. The van der Waals surface area contributed by atoms with Crippen molar-refractivity contribution >= 4 is 29.0 Å². The van der Waals surface area contributed by atoms with Crippen molar-refractivity contribution in [2.24, 2.45) is 0 Å². The van der Waals surface area contributed by atoms with Gasteiger partial charge in [0.25, 0.3) is 5.91 Å². The van der Waals surface area contributed by atoms with Crippen LogP contribution in [0.1, 0.15) is 11.1 Å². The number of urea groups is 1. The molecule has 0 saturated heterocycles. The van der Waals surface area contributed by atoms with E-state index in [1.165, 1.54) is 18.2 Å². The molecule has 0 spiro atoms. The van der Waals surface area contributed by atoms with Crippen molar-refractivity contribution in [3.05, 3.63) is 94.0 Å². The van der Waals surface area contributed by atoms with E-state index in [0.29, 0.717) is 11.4 Å². The summed E-state index contributed by atoms with van der Waals surface area (Å²) in [6, 6.07) is 19.9. The Bertz CT molecular complexity index is 1130. The Kier molecular flexibility index (Phi) is 7.37. The quantitative estimate of drug-likeness (QED) is 0.361. The van der Waals surface area contributed by atoms with Crippen LogP contribution in [0.3, 0.4) is 0 Å². The maximum Gasteiger partial charge on any atom is 0.323 e. The fourth-order valence-corrected chi connectivity index (χ4v) is 2.90.